The number of anilines is 1. The van der Waals surface area contributed by atoms with Gasteiger partial charge in [0.25, 0.3) is 0 Å². The minimum atomic E-state index is -0.127. The Balaban J connectivity index is 1.19. The van der Waals surface area contributed by atoms with Gasteiger partial charge in [0.15, 0.2) is 0 Å². The molecule has 1 atom stereocenters. The Bertz CT molecular complexity index is 812. The van der Waals surface area contributed by atoms with Crippen molar-refractivity contribution in [3.8, 4) is 0 Å². The first-order chi connectivity index (χ1) is 14.9. The lowest BCUT2D eigenvalue weighted by atomic mass is 10.1. The molecule has 0 unspecified atom stereocenters. The molecule has 3 aliphatic rings. The van der Waals surface area contributed by atoms with Gasteiger partial charge in [0, 0.05) is 77.6 Å². The predicted octanol–water partition coefficient (Wildman–Crippen LogP) is 2.07. The zero-order valence-electron chi connectivity index (χ0n) is 17.7. The van der Waals surface area contributed by atoms with Crippen LogP contribution in [0.5, 0.6) is 0 Å². The number of nitrogens with zero attached hydrogens (tertiary/aromatic N) is 4. The number of benzene rings is 1. The predicted molar refractivity (Wildman–Crippen MR) is 121 cm³/mol. The summed E-state index contributed by atoms with van der Waals surface area (Å²) >= 11 is 12.0. The minimum absolute atomic E-state index is 0.127. The summed E-state index contributed by atoms with van der Waals surface area (Å²) in [4.78, 5) is 32.5. The highest BCUT2D eigenvalue weighted by atomic mass is 35.5. The van der Waals surface area contributed by atoms with E-state index >= 15 is 0 Å². The minimum Gasteiger partial charge on any atom is -0.374 e. The number of urea groups is 1. The Hall–Kier alpha value is -1.58. The lowest BCUT2D eigenvalue weighted by Crippen LogP contribution is -2.64. The summed E-state index contributed by atoms with van der Waals surface area (Å²) in [5.41, 5.74) is 0.636. The van der Waals surface area contributed by atoms with E-state index in [1.54, 1.807) is 25.1 Å². The van der Waals surface area contributed by atoms with Gasteiger partial charge in [-0.25, -0.2) is 4.79 Å². The molecule has 0 spiro atoms. The second-order valence-corrected chi connectivity index (χ2v) is 9.23. The average molecular weight is 470 g/mol. The van der Waals surface area contributed by atoms with Crippen molar-refractivity contribution in [2.24, 2.45) is 0 Å². The molecule has 8 nitrogen and oxygen atoms in total. The molecule has 0 radical (unpaired) electrons. The highest BCUT2D eigenvalue weighted by molar-refractivity contribution is 6.42. The topological polar surface area (TPSA) is 68.4 Å². The highest BCUT2D eigenvalue weighted by Gasteiger charge is 2.36. The van der Waals surface area contributed by atoms with Crippen LogP contribution in [0.15, 0.2) is 18.2 Å². The normalized spacial score (nSPS) is 23.5. The molecule has 0 aromatic heterocycles. The van der Waals surface area contributed by atoms with Crippen LogP contribution in [-0.4, -0.2) is 109 Å². The van der Waals surface area contributed by atoms with Crippen LogP contribution in [-0.2, 0) is 9.53 Å². The Kier molecular flexibility index (Phi) is 7.23. The second kappa shape index (κ2) is 9.92. The van der Waals surface area contributed by atoms with Crippen LogP contribution in [0.3, 0.4) is 0 Å². The van der Waals surface area contributed by atoms with Crippen LogP contribution in [0.25, 0.3) is 0 Å². The Morgan fingerprint density at radius 1 is 1.03 bits per heavy atom. The fraction of sp³-hybridized carbons (Fsp3) is 0.619. The average Bonchev–Trinajstić information content (AvgIpc) is 2.70. The fourth-order valence-electron chi connectivity index (χ4n) is 4.33. The first-order valence-corrected chi connectivity index (χ1v) is 11.5. The van der Waals surface area contributed by atoms with Crippen LogP contribution in [0, 0.1) is 0 Å². The molecule has 3 saturated heterocycles. The molecule has 3 aliphatic heterocycles. The molecule has 1 aromatic carbocycles. The van der Waals surface area contributed by atoms with E-state index in [1.807, 2.05) is 9.80 Å². The maximum Gasteiger partial charge on any atom is 0.321 e. The molecule has 31 heavy (non-hydrogen) atoms. The van der Waals surface area contributed by atoms with Gasteiger partial charge in [0.05, 0.1) is 22.8 Å². The van der Waals surface area contributed by atoms with Crippen LogP contribution < -0.4 is 5.32 Å². The van der Waals surface area contributed by atoms with E-state index in [-0.39, 0.29) is 18.0 Å². The summed E-state index contributed by atoms with van der Waals surface area (Å²) in [6.45, 7) is 9.66. The van der Waals surface area contributed by atoms with Gasteiger partial charge >= 0.3 is 6.03 Å². The third-order valence-electron chi connectivity index (χ3n) is 6.29. The van der Waals surface area contributed by atoms with Crippen LogP contribution in [0.4, 0.5) is 10.5 Å². The van der Waals surface area contributed by atoms with Crippen molar-refractivity contribution in [1.82, 2.24) is 19.6 Å². The smallest absolute Gasteiger partial charge is 0.321 e. The van der Waals surface area contributed by atoms with Crippen molar-refractivity contribution in [3.63, 3.8) is 0 Å². The number of morpholine rings is 1. The maximum atomic E-state index is 12.6. The van der Waals surface area contributed by atoms with E-state index < -0.39 is 0 Å². The third kappa shape index (κ3) is 5.62. The standard InChI is InChI=1S/C21H29Cl2N5O3/c1-15(29)28-11-17(12-28)27-8-9-31-18(14-27)13-25-4-6-26(7-5-25)21(30)24-16-2-3-19(22)20(23)10-16/h2-3,10,17-18H,4-9,11-14H2,1H3,(H,24,30)/t18-/m0/s1. The highest BCUT2D eigenvalue weighted by Crippen LogP contribution is 2.25. The number of amides is 3. The van der Waals surface area contributed by atoms with Crippen molar-refractivity contribution in [2.45, 2.75) is 19.1 Å². The van der Waals surface area contributed by atoms with Crippen molar-refractivity contribution < 1.29 is 14.3 Å². The lowest BCUT2D eigenvalue weighted by Gasteiger charge is -2.48. The molecule has 3 amide bonds. The van der Waals surface area contributed by atoms with E-state index in [1.165, 1.54) is 0 Å². The SMILES string of the molecule is CC(=O)N1CC(N2CCO[C@@H](CN3CCN(C(=O)Nc4ccc(Cl)c(Cl)c4)CC3)C2)C1. The molecule has 3 heterocycles. The van der Waals surface area contributed by atoms with Gasteiger partial charge < -0.3 is 19.9 Å². The molecule has 0 saturated carbocycles. The van der Waals surface area contributed by atoms with Gasteiger partial charge in [-0.05, 0) is 18.2 Å². The molecule has 1 aromatic rings. The molecule has 0 bridgehead atoms. The zero-order chi connectivity index (χ0) is 22.0. The van der Waals surface area contributed by atoms with Gasteiger partial charge in [0.1, 0.15) is 0 Å². The number of halogens is 2. The molecular weight excluding hydrogens is 441 g/mol. The molecule has 3 fully saturated rings. The van der Waals surface area contributed by atoms with Crippen molar-refractivity contribution in [2.75, 3.05) is 70.8 Å². The largest absolute Gasteiger partial charge is 0.374 e. The third-order valence-corrected chi connectivity index (χ3v) is 7.03. The second-order valence-electron chi connectivity index (χ2n) is 8.41. The van der Waals surface area contributed by atoms with E-state index in [2.05, 4.69) is 15.1 Å². The number of likely N-dealkylation sites (tertiary alicyclic amines) is 1. The van der Waals surface area contributed by atoms with Gasteiger partial charge in [-0.1, -0.05) is 23.2 Å². The number of hydrogen-bond donors (Lipinski definition) is 1. The summed E-state index contributed by atoms with van der Waals surface area (Å²) < 4.78 is 6.00. The quantitative estimate of drug-likeness (QED) is 0.730. The Morgan fingerprint density at radius 2 is 1.77 bits per heavy atom. The summed E-state index contributed by atoms with van der Waals surface area (Å²) in [5, 5.41) is 3.77. The van der Waals surface area contributed by atoms with E-state index in [9.17, 15) is 9.59 Å². The summed E-state index contributed by atoms with van der Waals surface area (Å²) in [5.74, 6) is 0.155. The number of rotatable bonds is 4. The van der Waals surface area contributed by atoms with Crippen molar-refractivity contribution in [3.05, 3.63) is 28.2 Å². The van der Waals surface area contributed by atoms with Crippen molar-refractivity contribution >= 4 is 40.8 Å². The first-order valence-electron chi connectivity index (χ1n) is 10.7. The first kappa shape index (κ1) is 22.6. The van der Waals surface area contributed by atoms with Gasteiger partial charge in [-0.2, -0.15) is 0 Å². The Labute approximate surface area is 193 Å². The maximum absolute atomic E-state index is 12.6. The van der Waals surface area contributed by atoms with Gasteiger partial charge in [-0.15, -0.1) is 0 Å². The fourth-order valence-corrected chi connectivity index (χ4v) is 4.62. The van der Waals surface area contributed by atoms with E-state index in [0.29, 0.717) is 34.9 Å². The molecule has 10 heteroatoms. The number of ether oxygens (including phenoxy) is 1. The van der Waals surface area contributed by atoms with Crippen LogP contribution >= 0.6 is 23.2 Å². The zero-order valence-corrected chi connectivity index (χ0v) is 19.2. The molecular formula is C21H29Cl2N5O3. The monoisotopic (exact) mass is 469 g/mol. The van der Waals surface area contributed by atoms with Gasteiger partial charge in [0.2, 0.25) is 5.91 Å². The van der Waals surface area contributed by atoms with Crippen LogP contribution in [0.1, 0.15) is 6.92 Å². The number of carbonyl (C=O) groups excluding carboxylic acids is 2. The summed E-state index contributed by atoms with van der Waals surface area (Å²) in [6, 6.07) is 5.40. The molecule has 1 N–H and O–H groups in total. The van der Waals surface area contributed by atoms with E-state index in [0.717, 1.165) is 52.4 Å². The van der Waals surface area contributed by atoms with Gasteiger partial charge in [-0.3, -0.25) is 14.6 Å². The molecule has 0 aliphatic carbocycles. The summed E-state index contributed by atoms with van der Waals surface area (Å²) in [7, 11) is 0. The number of piperazine rings is 1. The van der Waals surface area contributed by atoms with Crippen LogP contribution in [0.2, 0.25) is 10.0 Å². The van der Waals surface area contributed by atoms with E-state index in [4.69, 9.17) is 27.9 Å². The number of hydrogen-bond acceptors (Lipinski definition) is 5. The molecule has 170 valence electrons. The Morgan fingerprint density at radius 3 is 2.45 bits per heavy atom. The lowest BCUT2D eigenvalue weighted by molar-refractivity contribution is -0.139. The number of carbonyl (C=O) groups is 2. The summed E-state index contributed by atoms with van der Waals surface area (Å²) in [6.07, 6.45) is 0.164. The number of nitrogens with one attached hydrogen (secondary N) is 1. The molecule has 4 rings (SSSR count). The van der Waals surface area contributed by atoms with Crippen molar-refractivity contribution in [1.29, 1.82) is 0 Å².